The molecule has 266 valence electrons. The fourth-order valence-electron chi connectivity index (χ4n) is 9.04. The van der Waals surface area contributed by atoms with E-state index in [1.807, 2.05) is 18.5 Å². The second kappa shape index (κ2) is 13.6. The Hall–Kier alpha value is -7.55. The summed E-state index contributed by atoms with van der Waals surface area (Å²) in [5.41, 5.74) is 18.2. The van der Waals surface area contributed by atoms with Crippen LogP contribution in [0, 0.1) is 0 Å². The Morgan fingerprint density at radius 3 is 1.44 bits per heavy atom. The van der Waals surface area contributed by atoms with Crippen molar-refractivity contribution in [2.75, 3.05) is 4.90 Å². The van der Waals surface area contributed by atoms with Gasteiger partial charge in [0.05, 0.1) is 11.9 Å². The van der Waals surface area contributed by atoms with E-state index in [-0.39, 0.29) is 0 Å². The molecule has 0 radical (unpaired) electrons. The molecule has 11 rings (SSSR count). The fraction of sp³-hybridized carbons (Fsp3) is 0. The van der Waals surface area contributed by atoms with Crippen molar-refractivity contribution in [3.05, 3.63) is 219 Å². The van der Waals surface area contributed by atoms with Crippen molar-refractivity contribution in [3.8, 4) is 66.8 Å². The van der Waals surface area contributed by atoms with Crippen LogP contribution in [0.5, 0.6) is 0 Å². The number of nitrogens with zero attached hydrogens (tertiary/aromatic N) is 2. The zero-order chi connectivity index (χ0) is 37.7. The van der Waals surface area contributed by atoms with Gasteiger partial charge in [0, 0.05) is 17.6 Å². The molecular formula is C55H36N2. The van der Waals surface area contributed by atoms with Gasteiger partial charge in [-0.1, -0.05) is 170 Å². The van der Waals surface area contributed by atoms with Gasteiger partial charge < -0.3 is 4.90 Å². The number of fused-ring (bicyclic) bond motifs is 4. The molecule has 0 saturated heterocycles. The van der Waals surface area contributed by atoms with E-state index in [9.17, 15) is 0 Å². The lowest BCUT2D eigenvalue weighted by Crippen LogP contribution is -2.10. The summed E-state index contributed by atoms with van der Waals surface area (Å²) in [4.78, 5) is 6.82. The molecule has 9 aromatic carbocycles. The number of pyridine rings is 1. The van der Waals surface area contributed by atoms with Crippen molar-refractivity contribution in [1.29, 1.82) is 0 Å². The SMILES string of the molecule is c1ccc(-c2ccc(N(c3cccnc3)c3cccc(-c4ccc5c6c(cccc46)-c4c-5c(-c5ccccc5)c5ccccc5c4-c4ccccc4)c3)cc2)cc1. The van der Waals surface area contributed by atoms with Gasteiger partial charge in [-0.2, -0.15) is 0 Å². The topological polar surface area (TPSA) is 16.1 Å². The predicted molar refractivity (Wildman–Crippen MR) is 240 cm³/mol. The summed E-state index contributed by atoms with van der Waals surface area (Å²) in [7, 11) is 0. The van der Waals surface area contributed by atoms with Crippen LogP contribution >= 0.6 is 0 Å². The third-order valence-electron chi connectivity index (χ3n) is 11.5. The molecule has 0 spiro atoms. The molecule has 0 N–H and O–H groups in total. The van der Waals surface area contributed by atoms with Crippen molar-refractivity contribution in [3.63, 3.8) is 0 Å². The molecule has 57 heavy (non-hydrogen) atoms. The second-order valence-electron chi connectivity index (χ2n) is 14.7. The molecule has 1 heterocycles. The van der Waals surface area contributed by atoms with Crippen LogP contribution in [0.15, 0.2) is 219 Å². The zero-order valence-corrected chi connectivity index (χ0v) is 31.2. The lowest BCUT2D eigenvalue weighted by atomic mass is 9.82. The van der Waals surface area contributed by atoms with Gasteiger partial charge >= 0.3 is 0 Å². The molecule has 1 aliphatic rings. The van der Waals surface area contributed by atoms with Crippen molar-refractivity contribution in [2.45, 2.75) is 0 Å². The van der Waals surface area contributed by atoms with Gasteiger partial charge in [0.15, 0.2) is 0 Å². The van der Waals surface area contributed by atoms with Crippen molar-refractivity contribution in [2.24, 2.45) is 0 Å². The molecular weight excluding hydrogens is 689 g/mol. The van der Waals surface area contributed by atoms with Gasteiger partial charge in [-0.05, 0) is 125 Å². The lowest BCUT2D eigenvalue weighted by molar-refractivity contribution is 1.23. The van der Waals surface area contributed by atoms with Gasteiger partial charge in [-0.15, -0.1) is 0 Å². The highest BCUT2D eigenvalue weighted by Crippen LogP contribution is 2.58. The minimum atomic E-state index is 1.01. The van der Waals surface area contributed by atoms with Crippen molar-refractivity contribution >= 4 is 38.6 Å². The van der Waals surface area contributed by atoms with Crippen LogP contribution < -0.4 is 4.90 Å². The van der Waals surface area contributed by atoms with Crippen LogP contribution in [0.2, 0.25) is 0 Å². The van der Waals surface area contributed by atoms with Crippen LogP contribution in [0.3, 0.4) is 0 Å². The molecule has 0 atom stereocenters. The van der Waals surface area contributed by atoms with Gasteiger partial charge in [0.2, 0.25) is 0 Å². The monoisotopic (exact) mass is 724 g/mol. The van der Waals surface area contributed by atoms with E-state index < -0.39 is 0 Å². The molecule has 0 unspecified atom stereocenters. The highest BCUT2D eigenvalue weighted by molar-refractivity contribution is 6.28. The first-order chi connectivity index (χ1) is 28.3. The molecule has 1 aliphatic carbocycles. The maximum absolute atomic E-state index is 4.53. The zero-order valence-electron chi connectivity index (χ0n) is 31.2. The van der Waals surface area contributed by atoms with E-state index in [1.54, 1.807) is 0 Å². The Balaban J connectivity index is 1.11. The smallest absolute Gasteiger partial charge is 0.0644 e. The Bertz CT molecular complexity index is 2990. The Labute approximate surface area is 332 Å². The van der Waals surface area contributed by atoms with Gasteiger partial charge in [-0.3, -0.25) is 4.98 Å². The number of aromatic nitrogens is 1. The van der Waals surface area contributed by atoms with Crippen molar-refractivity contribution < 1.29 is 0 Å². The molecule has 0 fully saturated rings. The van der Waals surface area contributed by atoms with Crippen LogP contribution in [0.25, 0.3) is 88.3 Å². The predicted octanol–water partition coefficient (Wildman–Crippen LogP) is 15.2. The van der Waals surface area contributed by atoms with Crippen LogP contribution in [-0.2, 0) is 0 Å². The summed E-state index contributed by atoms with van der Waals surface area (Å²) in [6.45, 7) is 0. The van der Waals surface area contributed by atoms with E-state index in [2.05, 4.69) is 210 Å². The molecule has 2 nitrogen and oxygen atoms in total. The number of rotatable bonds is 7. The van der Waals surface area contributed by atoms with E-state index in [0.717, 1.165) is 17.1 Å². The molecule has 0 amide bonds. The number of hydrogen-bond donors (Lipinski definition) is 0. The summed E-state index contributed by atoms with van der Waals surface area (Å²) < 4.78 is 0. The fourth-order valence-corrected chi connectivity index (χ4v) is 9.04. The number of hydrogen-bond acceptors (Lipinski definition) is 2. The van der Waals surface area contributed by atoms with Crippen LogP contribution in [0.4, 0.5) is 17.1 Å². The highest BCUT2D eigenvalue weighted by atomic mass is 15.1. The average Bonchev–Trinajstić information content (AvgIpc) is 3.62. The maximum atomic E-state index is 4.53. The van der Waals surface area contributed by atoms with E-state index in [1.165, 1.54) is 88.3 Å². The average molecular weight is 725 g/mol. The van der Waals surface area contributed by atoms with E-state index in [0.29, 0.717) is 0 Å². The Kier molecular flexibility index (Phi) is 7.86. The molecule has 10 aromatic rings. The first-order valence-electron chi connectivity index (χ1n) is 19.5. The van der Waals surface area contributed by atoms with Gasteiger partial charge in [-0.25, -0.2) is 0 Å². The van der Waals surface area contributed by atoms with E-state index >= 15 is 0 Å². The Morgan fingerprint density at radius 2 is 0.807 bits per heavy atom. The minimum Gasteiger partial charge on any atom is -0.309 e. The largest absolute Gasteiger partial charge is 0.309 e. The lowest BCUT2D eigenvalue weighted by Gasteiger charge is -2.26. The van der Waals surface area contributed by atoms with Crippen molar-refractivity contribution in [1.82, 2.24) is 4.98 Å². The summed E-state index contributed by atoms with van der Waals surface area (Å²) >= 11 is 0. The second-order valence-corrected chi connectivity index (χ2v) is 14.7. The Morgan fingerprint density at radius 1 is 0.298 bits per heavy atom. The molecule has 0 bridgehead atoms. The molecule has 1 aromatic heterocycles. The number of benzene rings is 9. The molecule has 0 saturated carbocycles. The van der Waals surface area contributed by atoms with E-state index in [4.69, 9.17) is 0 Å². The first kappa shape index (κ1) is 32.8. The minimum absolute atomic E-state index is 1.01. The number of anilines is 3. The van der Waals surface area contributed by atoms with Gasteiger partial charge in [0.1, 0.15) is 0 Å². The standard InChI is InChI=1S/C55H36N2/c1-4-15-37(16-5-1)38-28-30-42(31-29-38)57(44-23-14-34-56-36-44)43-22-12-21-41(35-43)45-32-33-50-53-46(45)26-13-27-49(53)54-51(39-17-6-2-7-18-39)47-24-10-11-25-48(47)52(55(50)54)40-19-8-3-9-20-40/h1-36H. The van der Waals surface area contributed by atoms with Crippen LogP contribution in [0.1, 0.15) is 0 Å². The summed E-state index contributed by atoms with van der Waals surface area (Å²) in [6.07, 6.45) is 3.77. The quantitative estimate of drug-likeness (QED) is 0.163. The molecule has 0 aliphatic heterocycles. The third kappa shape index (κ3) is 5.45. The third-order valence-corrected chi connectivity index (χ3v) is 11.5. The normalized spacial score (nSPS) is 11.5. The van der Waals surface area contributed by atoms with Gasteiger partial charge in [0.25, 0.3) is 0 Å². The highest BCUT2D eigenvalue weighted by Gasteiger charge is 2.31. The van der Waals surface area contributed by atoms with Crippen LogP contribution in [-0.4, -0.2) is 4.98 Å². The molecule has 2 heteroatoms. The summed E-state index contributed by atoms with van der Waals surface area (Å²) in [5.74, 6) is 0. The maximum Gasteiger partial charge on any atom is 0.0644 e. The first-order valence-corrected chi connectivity index (χ1v) is 19.5. The summed E-state index contributed by atoms with van der Waals surface area (Å²) in [6, 6.07) is 74.8. The summed E-state index contributed by atoms with van der Waals surface area (Å²) in [5, 5.41) is 5.10.